The highest BCUT2D eigenvalue weighted by molar-refractivity contribution is 8.14. The lowest BCUT2D eigenvalue weighted by atomic mass is 10.0. The molecule has 1 aliphatic rings. The molecular weight excluding hydrogens is 228 g/mol. The molecule has 3 heteroatoms. The number of nitrogens with one attached hydrogen (secondary N) is 1. The lowest BCUT2D eigenvalue weighted by Gasteiger charge is -2.15. The molecule has 1 aromatic rings. The summed E-state index contributed by atoms with van der Waals surface area (Å²) in [5.41, 5.74) is 3.90. The molecule has 0 fully saturated rings. The van der Waals surface area contributed by atoms with Gasteiger partial charge in [-0.1, -0.05) is 24.8 Å². The number of hydrogen-bond acceptors (Lipinski definition) is 3. The maximum Gasteiger partial charge on any atom is 0.161 e. The van der Waals surface area contributed by atoms with Gasteiger partial charge in [0.1, 0.15) is 0 Å². The van der Waals surface area contributed by atoms with Crippen molar-refractivity contribution in [3.63, 3.8) is 0 Å². The first kappa shape index (κ1) is 12.5. The zero-order valence-corrected chi connectivity index (χ0v) is 11.8. The van der Waals surface area contributed by atoms with Crippen molar-refractivity contribution in [2.75, 3.05) is 11.1 Å². The fourth-order valence-corrected chi connectivity index (χ4v) is 2.91. The third kappa shape index (κ3) is 2.83. The van der Waals surface area contributed by atoms with E-state index in [1.807, 2.05) is 11.8 Å². The van der Waals surface area contributed by atoms with Crippen molar-refractivity contribution in [2.24, 2.45) is 4.99 Å². The van der Waals surface area contributed by atoms with Gasteiger partial charge >= 0.3 is 0 Å². The van der Waals surface area contributed by atoms with Crippen molar-refractivity contribution in [3.05, 3.63) is 29.3 Å². The van der Waals surface area contributed by atoms with Gasteiger partial charge in [-0.3, -0.25) is 4.99 Å². The second kappa shape index (κ2) is 4.73. The number of anilines is 1. The van der Waals surface area contributed by atoms with Gasteiger partial charge in [0, 0.05) is 11.4 Å². The highest BCUT2D eigenvalue weighted by Gasteiger charge is 2.28. The van der Waals surface area contributed by atoms with Crippen molar-refractivity contribution in [3.8, 4) is 0 Å². The van der Waals surface area contributed by atoms with Gasteiger partial charge in [0.15, 0.2) is 5.17 Å². The molecule has 92 valence electrons. The minimum absolute atomic E-state index is 0.118. The third-order valence-corrected chi connectivity index (χ3v) is 4.64. The topological polar surface area (TPSA) is 24.4 Å². The van der Waals surface area contributed by atoms with E-state index in [-0.39, 0.29) is 5.54 Å². The summed E-state index contributed by atoms with van der Waals surface area (Å²) >= 11 is 1.82. The van der Waals surface area contributed by atoms with Crippen LogP contribution in [0.25, 0.3) is 0 Å². The Hall–Kier alpha value is -0.960. The summed E-state index contributed by atoms with van der Waals surface area (Å²) in [5.74, 6) is 1.08. The molecule has 17 heavy (non-hydrogen) atoms. The fourth-order valence-electron chi connectivity index (χ4n) is 1.72. The average Bonchev–Trinajstić information content (AvgIpc) is 2.67. The Balaban J connectivity index is 2.12. The number of amidine groups is 1. The van der Waals surface area contributed by atoms with Crippen LogP contribution in [-0.4, -0.2) is 16.5 Å². The van der Waals surface area contributed by atoms with E-state index in [0.717, 1.165) is 23.0 Å². The molecule has 1 unspecified atom stereocenters. The molecule has 0 spiro atoms. The van der Waals surface area contributed by atoms with Crippen LogP contribution in [0, 0.1) is 13.8 Å². The molecule has 0 bridgehead atoms. The predicted molar refractivity (Wildman–Crippen MR) is 78.1 cm³/mol. The molecule has 0 aliphatic carbocycles. The number of hydrogen-bond donors (Lipinski definition) is 1. The molecule has 0 aromatic heterocycles. The highest BCUT2D eigenvalue weighted by atomic mass is 32.2. The molecule has 0 saturated heterocycles. The summed E-state index contributed by atoms with van der Waals surface area (Å²) in [4.78, 5) is 4.75. The summed E-state index contributed by atoms with van der Waals surface area (Å²) in [6, 6.07) is 6.45. The van der Waals surface area contributed by atoms with E-state index in [2.05, 4.69) is 51.2 Å². The third-order valence-electron chi connectivity index (χ3n) is 3.41. The lowest BCUT2D eigenvalue weighted by Crippen LogP contribution is -2.20. The van der Waals surface area contributed by atoms with Crippen LogP contribution in [0.15, 0.2) is 23.2 Å². The minimum Gasteiger partial charge on any atom is -0.335 e. The van der Waals surface area contributed by atoms with E-state index in [4.69, 9.17) is 4.99 Å². The maximum absolute atomic E-state index is 4.75. The van der Waals surface area contributed by atoms with Crippen molar-refractivity contribution in [1.29, 1.82) is 0 Å². The van der Waals surface area contributed by atoms with Gasteiger partial charge in [0.25, 0.3) is 0 Å². The Labute approximate surface area is 108 Å². The molecule has 0 saturated carbocycles. The van der Waals surface area contributed by atoms with Crippen molar-refractivity contribution < 1.29 is 0 Å². The highest BCUT2D eigenvalue weighted by Crippen LogP contribution is 2.30. The molecule has 2 rings (SSSR count). The van der Waals surface area contributed by atoms with Crippen molar-refractivity contribution in [1.82, 2.24) is 0 Å². The normalized spacial score (nSPS) is 23.6. The van der Waals surface area contributed by atoms with Gasteiger partial charge in [-0.25, -0.2) is 0 Å². The average molecular weight is 248 g/mol. The second-order valence-corrected chi connectivity index (χ2v) is 5.94. The smallest absolute Gasteiger partial charge is 0.161 e. The van der Waals surface area contributed by atoms with Crippen LogP contribution < -0.4 is 5.32 Å². The summed E-state index contributed by atoms with van der Waals surface area (Å²) < 4.78 is 0. The van der Waals surface area contributed by atoms with Crippen molar-refractivity contribution >= 4 is 22.6 Å². The van der Waals surface area contributed by atoms with Crippen LogP contribution in [0.3, 0.4) is 0 Å². The van der Waals surface area contributed by atoms with Crippen LogP contribution in [-0.2, 0) is 0 Å². The number of aryl methyl sites for hydroxylation is 2. The largest absolute Gasteiger partial charge is 0.335 e. The van der Waals surface area contributed by atoms with E-state index < -0.39 is 0 Å². The van der Waals surface area contributed by atoms with Gasteiger partial charge in [-0.05, 0) is 50.5 Å². The van der Waals surface area contributed by atoms with Gasteiger partial charge < -0.3 is 5.32 Å². The molecule has 1 aliphatic heterocycles. The van der Waals surface area contributed by atoms with E-state index in [1.54, 1.807) is 0 Å². The molecule has 1 aromatic carbocycles. The molecular formula is C14H20N2S. The summed E-state index contributed by atoms with van der Waals surface area (Å²) in [6.45, 7) is 8.69. The lowest BCUT2D eigenvalue weighted by molar-refractivity contribution is 0.523. The van der Waals surface area contributed by atoms with Gasteiger partial charge in [-0.2, -0.15) is 0 Å². The van der Waals surface area contributed by atoms with Crippen LogP contribution in [0.4, 0.5) is 5.69 Å². The van der Waals surface area contributed by atoms with Crippen LogP contribution in [0.1, 0.15) is 31.4 Å². The Morgan fingerprint density at radius 2 is 2.12 bits per heavy atom. The van der Waals surface area contributed by atoms with Gasteiger partial charge in [0.2, 0.25) is 0 Å². The molecule has 1 atom stereocenters. The first-order valence-electron chi connectivity index (χ1n) is 6.09. The Morgan fingerprint density at radius 3 is 2.71 bits per heavy atom. The quantitative estimate of drug-likeness (QED) is 0.856. The van der Waals surface area contributed by atoms with E-state index >= 15 is 0 Å². The monoisotopic (exact) mass is 248 g/mol. The summed E-state index contributed by atoms with van der Waals surface area (Å²) in [6.07, 6.45) is 1.10. The number of thioether (sulfide) groups is 1. The fraction of sp³-hybridized carbons (Fsp3) is 0.500. The van der Waals surface area contributed by atoms with Gasteiger partial charge in [-0.15, -0.1) is 0 Å². The first-order valence-corrected chi connectivity index (χ1v) is 7.08. The van der Waals surface area contributed by atoms with Crippen LogP contribution in [0.2, 0.25) is 0 Å². The Morgan fingerprint density at radius 1 is 1.35 bits per heavy atom. The zero-order chi connectivity index (χ0) is 12.5. The maximum atomic E-state index is 4.75. The van der Waals surface area contributed by atoms with E-state index in [9.17, 15) is 0 Å². The zero-order valence-electron chi connectivity index (χ0n) is 11.0. The molecule has 0 amide bonds. The summed E-state index contributed by atoms with van der Waals surface area (Å²) in [7, 11) is 0. The molecule has 1 N–H and O–H groups in total. The SMILES string of the molecule is CCC1(C)CSC(Nc2ccc(C)c(C)c2)=N1. The van der Waals surface area contributed by atoms with E-state index in [0.29, 0.717) is 0 Å². The Bertz CT molecular complexity index is 454. The number of aliphatic imine (C=N–C) groups is 1. The van der Waals surface area contributed by atoms with Crippen molar-refractivity contribution in [2.45, 2.75) is 39.7 Å². The van der Waals surface area contributed by atoms with E-state index in [1.165, 1.54) is 11.1 Å². The number of benzene rings is 1. The standard InChI is InChI=1S/C14H20N2S/c1-5-14(4)9-17-13(16-14)15-12-7-6-10(2)11(3)8-12/h6-8H,5,9H2,1-4H3,(H,15,16). The van der Waals surface area contributed by atoms with Crippen LogP contribution in [0.5, 0.6) is 0 Å². The second-order valence-electron chi connectivity index (χ2n) is 4.98. The van der Waals surface area contributed by atoms with Crippen LogP contribution >= 0.6 is 11.8 Å². The van der Waals surface area contributed by atoms with Gasteiger partial charge in [0.05, 0.1) is 5.54 Å². The molecule has 1 heterocycles. The number of nitrogens with zero attached hydrogens (tertiary/aromatic N) is 1. The molecule has 0 radical (unpaired) electrons. The Kier molecular flexibility index (Phi) is 3.48. The number of rotatable bonds is 2. The summed E-state index contributed by atoms with van der Waals surface area (Å²) in [5, 5.41) is 4.46. The minimum atomic E-state index is 0.118. The first-order chi connectivity index (χ1) is 8.02. The predicted octanol–water partition coefficient (Wildman–Crippen LogP) is 3.99. The molecule has 2 nitrogen and oxygen atoms in total.